The fraction of sp³-hybridized carbons (Fsp3) is 0.438. The van der Waals surface area contributed by atoms with Crippen LogP contribution in [-0.2, 0) is 0 Å². The number of ether oxygens (including phenoxy) is 2. The first-order valence-electron chi connectivity index (χ1n) is 6.92. The van der Waals surface area contributed by atoms with E-state index in [4.69, 9.17) is 9.47 Å². The average molecular weight is 353 g/mol. The van der Waals surface area contributed by atoms with Gasteiger partial charge in [0, 0.05) is 30.0 Å². The molecule has 0 N–H and O–H groups in total. The van der Waals surface area contributed by atoms with E-state index in [0.29, 0.717) is 4.83 Å². The van der Waals surface area contributed by atoms with Crippen molar-refractivity contribution in [3.63, 3.8) is 0 Å². The lowest BCUT2D eigenvalue weighted by molar-refractivity contribution is 0.356. The van der Waals surface area contributed by atoms with Crippen LogP contribution in [0.25, 0.3) is 10.8 Å². The van der Waals surface area contributed by atoms with Gasteiger partial charge in [0.25, 0.3) is 0 Å². The minimum Gasteiger partial charge on any atom is -0.493 e. The Kier molecular flexibility index (Phi) is 5.28. The summed E-state index contributed by atoms with van der Waals surface area (Å²) < 4.78 is 10.8. The number of fused-ring (bicyclic) bond motifs is 1. The Morgan fingerprint density at radius 2 is 1.90 bits per heavy atom. The summed E-state index contributed by atoms with van der Waals surface area (Å²) in [7, 11) is 5.36. The molecule has 0 amide bonds. The molecule has 1 unspecified atom stereocenters. The van der Waals surface area contributed by atoms with Crippen molar-refractivity contribution >= 4 is 32.5 Å². The number of aromatic nitrogens is 1. The SMILES string of the molecule is COc1cc2ccnc(N(C)CCC(C)Br)c2cc1OC. The number of hydrogen-bond acceptors (Lipinski definition) is 4. The zero-order valence-electron chi connectivity index (χ0n) is 12.9. The second kappa shape index (κ2) is 6.98. The third kappa shape index (κ3) is 3.59. The van der Waals surface area contributed by atoms with E-state index in [0.717, 1.165) is 41.1 Å². The summed E-state index contributed by atoms with van der Waals surface area (Å²) in [4.78, 5) is 7.19. The highest BCUT2D eigenvalue weighted by Gasteiger charge is 2.12. The summed E-state index contributed by atoms with van der Waals surface area (Å²) in [5.74, 6) is 2.42. The maximum atomic E-state index is 5.40. The molecule has 0 spiro atoms. The zero-order chi connectivity index (χ0) is 15.4. The summed E-state index contributed by atoms with van der Waals surface area (Å²) in [6, 6.07) is 5.96. The van der Waals surface area contributed by atoms with Crippen molar-refractivity contribution in [2.75, 3.05) is 32.7 Å². The third-order valence-corrected chi connectivity index (χ3v) is 3.93. The Balaban J connectivity index is 2.44. The van der Waals surface area contributed by atoms with Crippen molar-refractivity contribution in [1.82, 2.24) is 4.98 Å². The van der Waals surface area contributed by atoms with Crippen LogP contribution < -0.4 is 14.4 Å². The minimum absolute atomic E-state index is 0.490. The monoisotopic (exact) mass is 352 g/mol. The molecule has 0 aliphatic carbocycles. The molecule has 1 aromatic carbocycles. The maximum absolute atomic E-state index is 5.40. The molecule has 5 heteroatoms. The predicted molar refractivity (Wildman–Crippen MR) is 91.1 cm³/mol. The number of nitrogens with zero attached hydrogens (tertiary/aromatic N) is 2. The van der Waals surface area contributed by atoms with Crippen LogP contribution in [0.2, 0.25) is 0 Å². The molecule has 0 saturated carbocycles. The van der Waals surface area contributed by atoms with E-state index in [1.54, 1.807) is 14.2 Å². The van der Waals surface area contributed by atoms with Gasteiger partial charge in [0.2, 0.25) is 0 Å². The van der Waals surface area contributed by atoms with Gasteiger partial charge in [-0.05, 0) is 30.0 Å². The Bertz CT molecular complexity index is 616. The number of anilines is 1. The van der Waals surface area contributed by atoms with E-state index < -0.39 is 0 Å². The summed E-state index contributed by atoms with van der Waals surface area (Å²) >= 11 is 3.58. The van der Waals surface area contributed by atoms with Crippen LogP contribution in [0.3, 0.4) is 0 Å². The Morgan fingerprint density at radius 3 is 2.52 bits per heavy atom. The van der Waals surface area contributed by atoms with E-state index in [1.165, 1.54) is 0 Å². The normalized spacial score (nSPS) is 12.2. The Morgan fingerprint density at radius 1 is 1.24 bits per heavy atom. The molecule has 0 aliphatic rings. The van der Waals surface area contributed by atoms with Crippen LogP contribution in [0.1, 0.15) is 13.3 Å². The standard InChI is InChI=1S/C16H21BrN2O2/c1-11(17)6-8-19(2)16-13-10-15(21-4)14(20-3)9-12(13)5-7-18-16/h5,7,9-11H,6,8H2,1-4H3. The minimum atomic E-state index is 0.490. The average Bonchev–Trinajstić information content (AvgIpc) is 2.50. The molecule has 0 aliphatic heterocycles. The first kappa shape index (κ1) is 15.9. The number of benzene rings is 1. The molecule has 0 radical (unpaired) electrons. The van der Waals surface area contributed by atoms with Crippen molar-refractivity contribution in [3.05, 3.63) is 24.4 Å². The Hall–Kier alpha value is -1.49. The van der Waals surface area contributed by atoms with Crippen molar-refractivity contribution < 1.29 is 9.47 Å². The molecule has 0 saturated heterocycles. The van der Waals surface area contributed by atoms with Crippen molar-refractivity contribution in [2.24, 2.45) is 0 Å². The van der Waals surface area contributed by atoms with Crippen LogP contribution >= 0.6 is 15.9 Å². The lowest BCUT2D eigenvalue weighted by Gasteiger charge is -2.21. The van der Waals surface area contributed by atoms with E-state index >= 15 is 0 Å². The van der Waals surface area contributed by atoms with Crippen LogP contribution in [0.15, 0.2) is 24.4 Å². The lowest BCUT2D eigenvalue weighted by Crippen LogP contribution is -2.21. The zero-order valence-corrected chi connectivity index (χ0v) is 14.5. The van der Waals surface area contributed by atoms with E-state index in [1.807, 2.05) is 24.4 Å². The molecule has 0 bridgehead atoms. The van der Waals surface area contributed by atoms with Gasteiger partial charge in [-0.1, -0.05) is 22.9 Å². The van der Waals surface area contributed by atoms with Gasteiger partial charge in [0.1, 0.15) is 5.82 Å². The van der Waals surface area contributed by atoms with Gasteiger partial charge < -0.3 is 14.4 Å². The largest absolute Gasteiger partial charge is 0.493 e. The van der Waals surface area contributed by atoms with E-state index in [2.05, 4.69) is 39.8 Å². The molecule has 1 aromatic heterocycles. The number of alkyl halides is 1. The van der Waals surface area contributed by atoms with Crippen LogP contribution in [0.4, 0.5) is 5.82 Å². The highest BCUT2D eigenvalue weighted by molar-refractivity contribution is 9.09. The number of halogens is 1. The van der Waals surface area contributed by atoms with Crippen molar-refractivity contribution in [1.29, 1.82) is 0 Å². The van der Waals surface area contributed by atoms with Crippen LogP contribution in [0, 0.1) is 0 Å². The van der Waals surface area contributed by atoms with Gasteiger partial charge in [-0.25, -0.2) is 4.98 Å². The second-order valence-electron chi connectivity index (χ2n) is 5.05. The molecule has 2 aromatic rings. The van der Waals surface area contributed by atoms with Crippen molar-refractivity contribution in [3.8, 4) is 11.5 Å². The highest BCUT2D eigenvalue weighted by Crippen LogP contribution is 2.35. The molecule has 1 heterocycles. The van der Waals surface area contributed by atoms with Crippen LogP contribution in [0.5, 0.6) is 11.5 Å². The molecule has 114 valence electrons. The third-order valence-electron chi connectivity index (χ3n) is 3.47. The van der Waals surface area contributed by atoms with Crippen molar-refractivity contribution in [2.45, 2.75) is 18.2 Å². The summed E-state index contributed by atoms with van der Waals surface area (Å²) in [6.07, 6.45) is 2.89. The summed E-state index contributed by atoms with van der Waals surface area (Å²) in [5, 5.41) is 2.16. The quantitative estimate of drug-likeness (QED) is 0.739. The highest BCUT2D eigenvalue weighted by atomic mass is 79.9. The first-order valence-corrected chi connectivity index (χ1v) is 7.84. The van der Waals surface area contributed by atoms with Gasteiger partial charge in [0.15, 0.2) is 11.5 Å². The van der Waals surface area contributed by atoms with Gasteiger partial charge in [-0.15, -0.1) is 0 Å². The fourth-order valence-electron chi connectivity index (χ4n) is 2.27. The number of methoxy groups -OCH3 is 2. The molecule has 1 atom stereocenters. The number of hydrogen-bond donors (Lipinski definition) is 0. The molecule has 21 heavy (non-hydrogen) atoms. The summed E-state index contributed by atoms with van der Waals surface area (Å²) in [6.45, 7) is 3.09. The molecular formula is C16H21BrN2O2. The fourth-order valence-corrected chi connectivity index (χ4v) is 2.47. The molecule has 2 rings (SSSR count). The maximum Gasteiger partial charge on any atom is 0.161 e. The number of rotatable bonds is 6. The second-order valence-corrected chi connectivity index (χ2v) is 6.62. The molecule has 4 nitrogen and oxygen atoms in total. The molecular weight excluding hydrogens is 332 g/mol. The van der Waals surface area contributed by atoms with Gasteiger partial charge in [0.05, 0.1) is 14.2 Å². The lowest BCUT2D eigenvalue weighted by atomic mass is 10.1. The van der Waals surface area contributed by atoms with Gasteiger partial charge >= 0.3 is 0 Å². The summed E-state index contributed by atoms with van der Waals surface area (Å²) in [5.41, 5.74) is 0. The first-order chi connectivity index (χ1) is 10.1. The number of pyridine rings is 1. The topological polar surface area (TPSA) is 34.6 Å². The Labute approximate surface area is 134 Å². The van der Waals surface area contributed by atoms with Gasteiger partial charge in [-0.2, -0.15) is 0 Å². The van der Waals surface area contributed by atoms with Gasteiger partial charge in [-0.3, -0.25) is 0 Å². The predicted octanol–water partition coefficient (Wildman–Crippen LogP) is 3.86. The molecule has 0 fully saturated rings. The smallest absolute Gasteiger partial charge is 0.161 e. The van der Waals surface area contributed by atoms with Crippen LogP contribution in [-0.4, -0.2) is 37.6 Å². The van der Waals surface area contributed by atoms with E-state index in [-0.39, 0.29) is 0 Å². The van der Waals surface area contributed by atoms with E-state index in [9.17, 15) is 0 Å².